The van der Waals surface area contributed by atoms with Gasteiger partial charge < -0.3 is 10.2 Å². The van der Waals surface area contributed by atoms with Crippen molar-refractivity contribution >= 4 is 17.3 Å². The number of nitriles is 1. The second-order valence-electron chi connectivity index (χ2n) is 5.80. The van der Waals surface area contributed by atoms with Crippen molar-refractivity contribution in [1.29, 1.82) is 5.26 Å². The Labute approximate surface area is 125 Å². The molecule has 0 aliphatic carbocycles. The highest BCUT2D eigenvalue weighted by atomic mass is 35.5. The molecule has 0 radical (unpaired) electrons. The van der Waals surface area contributed by atoms with Crippen molar-refractivity contribution in [1.82, 2.24) is 5.32 Å². The molecule has 0 saturated carbocycles. The van der Waals surface area contributed by atoms with Crippen LogP contribution in [-0.4, -0.2) is 25.7 Å². The minimum absolute atomic E-state index is 0.561. The minimum atomic E-state index is 0.561. The van der Waals surface area contributed by atoms with E-state index in [4.69, 9.17) is 11.6 Å². The van der Waals surface area contributed by atoms with Crippen LogP contribution in [0.3, 0.4) is 0 Å². The molecule has 0 bridgehead atoms. The molecule has 3 nitrogen and oxygen atoms in total. The topological polar surface area (TPSA) is 39.1 Å². The van der Waals surface area contributed by atoms with Crippen LogP contribution in [0.25, 0.3) is 0 Å². The fraction of sp³-hybridized carbons (Fsp3) is 0.562. The van der Waals surface area contributed by atoms with Crippen molar-refractivity contribution in [2.45, 2.75) is 31.7 Å². The zero-order valence-electron chi connectivity index (χ0n) is 11.6. The van der Waals surface area contributed by atoms with Gasteiger partial charge in [-0.15, -0.1) is 0 Å². The molecule has 4 heteroatoms. The van der Waals surface area contributed by atoms with E-state index in [2.05, 4.69) is 16.3 Å². The van der Waals surface area contributed by atoms with Gasteiger partial charge in [0.05, 0.1) is 16.3 Å². The number of anilines is 1. The first-order valence-corrected chi connectivity index (χ1v) is 7.84. The summed E-state index contributed by atoms with van der Waals surface area (Å²) in [5.41, 5.74) is 1.62. The maximum atomic E-state index is 9.33. The number of halogens is 1. The second-order valence-corrected chi connectivity index (χ2v) is 6.20. The Bertz CT molecular complexity index is 517. The van der Waals surface area contributed by atoms with Crippen molar-refractivity contribution < 1.29 is 0 Å². The van der Waals surface area contributed by atoms with E-state index in [1.165, 1.54) is 25.7 Å². The monoisotopic (exact) mass is 289 g/mol. The highest BCUT2D eigenvalue weighted by molar-refractivity contribution is 6.32. The van der Waals surface area contributed by atoms with E-state index < -0.39 is 0 Å². The smallest absolute Gasteiger partial charge is 0.103 e. The van der Waals surface area contributed by atoms with Gasteiger partial charge in [0.25, 0.3) is 0 Å². The normalized spacial score (nSPS) is 26.5. The summed E-state index contributed by atoms with van der Waals surface area (Å²) >= 11 is 6.15. The molecule has 2 fully saturated rings. The lowest BCUT2D eigenvalue weighted by molar-refractivity contribution is 0.329. The highest BCUT2D eigenvalue weighted by Crippen LogP contribution is 2.32. The summed E-state index contributed by atoms with van der Waals surface area (Å²) in [6.07, 6.45) is 5.07. The molecule has 2 saturated heterocycles. The van der Waals surface area contributed by atoms with Crippen LogP contribution in [0, 0.1) is 17.2 Å². The maximum absolute atomic E-state index is 9.33. The van der Waals surface area contributed by atoms with Crippen LogP contribution in [0.4, 0.5) is 5.69 Å². The minimum Gasteiger partial charge on any atom is -0.370 e. The lowest BCUT2D eigenvalue weighted by atomic mass is 9.89. The molecule has 1 N–H and O–H groups in total. The fourth-order valence-corrected chi connectivity index (χ4v) is 3.77. The van der Waals surface area contributed by atoms with Gasteiger partial charge in [-0.05, 0) is 50.3 Å². The summed E-state index contributed by atoms with van der Waals surface area (Å²) in [6, 6.07) is 8.67. The molecule has 0 aromatic heterocycles. The average molecular weight is 290 g/mol. The van der Waals surface area contributed by atoms with E-state index in [1.807, 2.05) is 12.1 Å². The summed E-state index contributed by atoms with van der Waals surface area (Å²) in [5, 5.41) is 13.5. The molecule has 0 amide bonds. The van der Waals surface area contributed by atoms with Crippen LogP contribution in [0.2, 0.25) is 5.02 Å². The largest absolute Gasteiger partial charge is 0.370 e. The van der Waals surface area contributed by atoms with E-state index in [-0.39, 0.29) is 0 Å². The third-order valence-corrected chi connectivity index (χ3v) is 4.88. The number of piperidine rings is 1. The molecular weight excluding hydrogens is 270 g/mol. The number of hydrogen-bond donors (Lipinski definition) is 1. The summed E-state index contributed by atoms with van der Waals surface area (Å²) in [4.78, 5) is 2.35. The molecule has 2 unspecified atom stereocenters. The number of nitrogens with zero attached hydrogens (tertiary/aromatic N) is 2. The summed E-state index contributed by atoms with van der Waals surface area (Å²) in [7, 11) is 0. The van der Waals surface area contributed by atoms with Gasteiger partial charge in [0.2, 0.25) is 0 Å². The van der Waals surface area contributed by atoms with Crippen molar-refractivity contribution in [2.75, 3.05) is 24.5 Å². The van der Waals surface area contributed by atoms with Gasteiger partial charge in [0.15, 0.2) is 0 Å². The van der Waals surface area contributed by atoms with E-state index in [0.717, 1.165) is 25.3 Å². The third kappa shape index (κ3) is 2.63. The van der Waals surface area contributed by atoms with E-state index in [1.54, 1.807) is 6.07 Å². The van der Waals surface area contributed by atoms with Crippen LogP contribution in [0.1, 0.15) is 31.2 Å². The Morgan fingerprint density at radius 3 is 2.95 bits per heavy atom. The van der Waals surface area contributed by atoms with Crippen LogP contribution >= 0.6 is 11.6 Å². The van der Waals surface area contributed by atoms with Crippen LogP contribution in [0.15, 0.2) is 18.2 Å². The second kappa shape index (κ2) is 6.03. The van der Waals surface area contributed by atoms with Gasteiger partial charge >= 0.3 is 0 Å². The molecule has 1 aromatic carbocycles. The van der Waals surface area contributed by atoms with Crippen molar-refractivity contribution in [3.05, 3.63) is 28.8 Å². The first-order valence-electron chi connectivity index (χ1n) is 7.46. The highest BCUT2D eigenvalue weighted by Gasteiger charge is 2.30. The summed E-state index contributed by atoms with van der Waals surface area (Å²) in [6.45, 7) is 3.21. The van der Waals surface area contributed by atoms with Gasteiger partial charge in [0, 0.05) is 19.1 Å². The zero-order valence-corrected chi connectivity index (χ0v) is 12.4. The van der Waals surface area contributed by atoms with Gasteiger partial charge in [-0.25, -0.2) is 0 Å². The van der Waals surface area contributed by atoms with Crippen LogP contribution in [0.5, 0.6) is 0 Å². The van der Waals surface area contributed by atoms with Crippen LogP contribution in [-0.2, 0) is 0 Å². The number of benzene rings is 1. The molecule has 2 heterocycles. The molecule has 2 atom stereocenters. The molecule has 1 aromatic rings. The maximum Gasteiger partial charge on any atom is 0.103 e. The molecule has 3 rings (SSSR count). The van der Waals surface area contributed by atoms with E-state index >= 15 is 0 Å². The van der Waals surface area contributed by atoms with Gasteiger partial charge in [-0.1, -0.05) is 17.7 Å². The van der Waals surface area contributed by atoms with Crippen molar-refractivity contribution in [2.24, 2.45) is 5.92 Å². The van der Waals surface area contributed by atoms with E-state index in [9.17, 15) is 5.26 Å². The SMILES string of the molecule is N#Cc1c(Cl)cccc1N1CCCC(C2CCCN2)C1. The Morgan fingerprint density at radius 2 is 2.20 bits per heavy atom. The Kier molecular flexibility index (Phi) is 4.14. The lowest BCUT2D eigenvalue weighted by Crippen LogP contribution is -2.43. The molecule has 2 aliphatic heterocycles. The Balaban J connectivity index is 1.80. The summed E-state index contributed by atoms with van der Waals surface area (Å²) in [5.74, 6) is 0.691. The van der Waals surface area contributed by atoms with Crippen molar-refractivity contribution in [3.63, 3.8) is 0 Å². The lowest BCUT2D eigenvalue weighted by Gasteiger charge is -2.37. The molecular formula is C16H20ClN3. The van der Waals surface area contributed by atoms with Crippen LogP contribution < -0.4 is 10.2 Å². The van der Waals surface area contributed by atoms with Crippen molar-refractivity contribution in [3.8, 4) is 6.07 Å². The average Bonchev–Trinajstić information content (AvgIpc) is 3.01. The van der Waals surface area contributed by atoms with Gasteiger partial charge in [-0.3, -0.25) is 0 Å². The number of hydrogen-bond acceptors (Lipinski definition) is 3. The Hall–Kier alpha value is -1.24. The first kappa shape index (κ1) is 13.7. The van der Waals surface area contributed by atoms with E-state index in [0.29, 0.717) is 22.5 Å². The molecule has 20 heavy (non-hydrogen) atoms. The zero-order chi connectivity index (χ0) is 13.9. The summed E-state index contributed by atoms with van der Waals surface area (Å²) < 4.78 is 0. The third-order valence-electron chi connectivity index (χ3n) is 4.57. The molecule has 0 spiro atoms. The fourth-order valence-electron chi connectivity index (χ4n) is 3.56. The number of nitrogens with one attached hydrogen (secondary N) is 1. The predicted molar refractivity (Wildman–Crippen MR) is 82.1 cm³/mol. The van der Waals surface area contributed by atoms with Gasteiger partial charge in [0.1, 0.15) is 6.07 Å². The Morgan fingerprint density at radius 1 is 1.30 bits per heavy atom. The predicted octanol–water partition coefficient (Wildman–Crippen LogP) is 3.18. The molecule has 2 aliphatic rings. The standard InChI is InChI=1S/C16H20ClN3/c17-14-5-1-7-16(13(14)10-18)20-9-3-4-12(11-20)15-6-2-8-19-15/h1,5,7,12,15,19H,2-4,6,8-9,11H2. The first-order chi connectivity index (χ1) is 9.79. The van der Waals surface area contributed by atoms with Gasteiger partial charge in [-0.2, -0.15) is 5.26 Å². The molecule has 106 valence electrons. The number of rotatable bonds is 2. The quantitative estimate of drug-likeness (QED) is 0.909.